The second-order valence-corrected chi connectivity index (χ2v) is 10.2. The Kier molecular flexibility index (Phi) is 5.70. The van der Waals surface area contributed by atoms with Gasteiger partial charge in [0.1, 0.15) is 6.04 Å². The van der Waals surface area contributed by atoms with Crippen LogP contribution in [0.5, 0.6) is 0 Å². The minimum atomic E-state index is -0.840. The minimum Gasteiger partial charge on any atom is -0.348 e. The van der Waals surface area contributed by atoms with E-state index in [1.54, 1.807) is 6.07 Å². The molecule has 32 heavy (non-hydrogen) atoms. The first-order chi connectivity index (χ1) is 15.3. The first-order valence-corrected chi connectivity index (χ1v) is 11.8. The van der Waals surface area contributed by atoms with Crippen LogP contribution in [0.4, 0.5) is 8.78 Å². The summed E-state index contributed by atoms with van der Waals surface area (Å²) in [5, 5.41) is 3.26. The first kappa shape index (κ1) is 21.8. The lowest BCUT2D eigenvalue weighted by Gasteiger charge is -2.41. The maximum Gasteiger partial charge on any atom is 0.243 e. The number of fused-ring (bicyclic) bond motifs is 1. The zero-order chi connectivity index (χ0) is 22.5. The van der Waals surface area contributed by atoms with Crippen molar-refractivity contribution in [2.24, 2.45) is 0 Å². The molecule has 2 amide bonds. The van der Waals surface area contributed by atoms with Crippen LogP contribution in [0.3, 0.4) is 0 Å². The summed E-state index contributed by atoms with van der Waals surface area (Å²) in [7, 11) is 2.13. The Bertz CT molecular complexity index is 870. The lowest BCUT2D eigenvalue weighted by Crippen LogP contribution is -2.56. The Morgan fingerprint density at radius 3 is 2.53 bits per heavy atom. The van der Waals surface area contributed by atoms with Gasteiger partial charge >= 0.3 is 0 Å². The van der Waals surface area contributed by atoms with Gasteiger partial charge in [0.05, 0.1) is 12.0 Å². The maximum absolute atomic E-state index is 13.5. The van der Waals surface area contributed by atoms with E-state index < -0.39 is 17.2 Å². The number of hydrogen-bond donors (Lipinski definition) is 1. The van der Waals surface area contributed by atoms with Crippen LogP contribution in [0.15, 0.2) is 18.2 Å². The van der Waals surface area contributed by atoms with Crippen molar-refractivity contribution in [3.05, 3.63) is 35.4 Å². The van der Waals surface area contributed by atoms with Crippen LogP contribution in [0.2, 0.25) is 0 Å². The molecule has 3 heterocycles. The number of halogens is 2. The van der Waals surface area contributed by atoms with Crippen molar-refractivity contribution in [2.75, 3.05) is 26.7 Å². The number of piperidine rings is 1. The summed E-state index contributed by atoms with van der Waals surface area (Å²) in [4.78, 5) is 32.7. The number of rotatable bonds is 4. The number of amides is 2. The number of carbonyl (C=O) groups excluding carboxylic acids is 2. The summed E-state index contributed by atoms with van der Waals surface area (Å²) in [5.74, 6) is -1.62. The molecule has 1 aromatic rings. The fourth-order valence-corrected chi connectivity index (χ4v) is 5.84. The average molecular weight is 447 g/mol. The molecule has 1 aromatic carbocycles. The molecule has 0 aromatic heterocycles. The van der Waals surface area contributed by atoms with Crippen LogP contribution in [0.1, 0.15) is 50.5 Å². The number of likely N-dealkylation sites (tertiary alicyclic amines) is 1. The predicted molar refractivity (Wildman–Crippen MR) is 116 cm³/mol. The minimum absolute atomic E-state index is 0.0191. The second-order valence-electron chi connectivity index (χ2n) is 10.2. The number of nitrogens with zero attached hydrogens (tertiary/aromatic N) is 3. The number of benzene rings is 1. The topological polar surface area (TPSA) is 55.9 Å². The van der Waals surface area contributed by atoms with Gasteiger partial charge in [-0.3, -0.25) is 19.4 Å². The van der Waals surface area contributed by atoms with Gasteiger partial charge in [-0.2, -0.15) is 0 Å². The van der Waals surface area contributed by atoms with E-state index in [1.807, 2.05) is 4.90 Å². The van der Waals surface area contributed by atoms with Gasteiger partial charge in [0.25, 0.3) is 0 Å². The molecule has 8 heteroatoms. The first-order valence-electron chi connectivity index (χ1n) is 11.8. The van der Waals surface area contributed by atoms with E-state index in [0.717, 1.165) is 11.6 Å². The van der Waals surface area contributed by atoms with Gasteiger partial charge in [-0.1, -0.05) is 12.5 Å². The highest BCUT2D eigenvalue weighted by Gasteiger charge is 2.50. The number of hydrogen-bond acceptors (Lipinski definition) is 4. The average Bonchev–Trinajstić information content (AvgIpc) is 3.14. The van der Waals surface area contributed by atoms with E-state index in [0.29, 0.717) is 57.9 Å². The quantitative estimate of drug-likeness (QED) is 0.771. The van der Waals surface area contributed by atoms with Crippen molar-refractivity contribution in [1.82, 2.24) is 20.0 Å². The monoisotopic (exact) mass is 446 g/mol. The van der Waals surface area contributed by atoms with E-state index >= 15 is 0 Å². The van der Waals surface area contributed by atoms with Gasteiger partial charge in [-0.05, 0) is 56.8 Å². The Labute approximate surface area is 187 Å². The van der Waals surface area contributed by atoms with E-state index in [4.69, 9.17) is 0 Å². The highest BCUT2D eigenvalue weighted by Crippen LogP contribution is 2.35. The molecule has 3 aliphatic heterocycles. The highest BCUT2D eigenvalue weighted by molar-refractivity contribution is 5.92. The summed E-state index contributed by atoms with van der Waals surface area (Å²) in [5.41, 5.74) is 0.224. The Hall–Kier alpha value is -2.06. The molecule has 1 aliphatic carbocycles. The van der Waals surface area contributed by atoms with Gasteiger partial charge in [0.2, 0.25) is 11.8 Å². The molecule has 5 rings (SSSR count). The SMILES string of the molecule is CN(C1CCC1)[C@H]1C[C@H]2C(=O)NC3(CCN(Cc4ccc(F)c(F)c4)CC3)CC(=O)N2C1. The molecule has 0 radical (unpaired) electrons. The van der Waals surface area contributed by atoms with Gasteiger partial charge in [0, 0.05) is 38.3 Å². The molecule has 4 aliphatic rings. The normalized spacial score (nSPS) is 28.6. The number of nitrogens with one attached hydrogen (secondary N) is 1. The maximum atomic E-state index is 13.5. The third-order valence-electron chi connectivity index (χ3n) is 8.21. The van der Waals surface area contributed by atoms with E-state index in [1.165, 1.54) is 25.3 Å². The molecule has 3 saturated heterocycles. The van der Waals surface area contributed by atoms with Crippen LogP contribution in [-0.4, -0.2) is 76.9 Å². The van der Waals surface area contributed by atoms with Gasteiger partial charge < -0.3 is 10.2 Å². The number of carbonyl (C=O) groups is 2. The standard InChI is InChI=1S/C24H32F2N4O2/c1-28(17-3-2-4-17)18-12-21-23(32)27-24(13-22(31)30(21)15-18)7-9-29(10-8-24)14-16-5-6-19(25)20(26)11-16/h5-6,11,17-18,21H,2-4,7-10,12-15H2,1H3,(H,27,32)/t18-,21-/m0/s1. The van der Waals surface area contributed by atoms with E-state index in [-0.39, 0.29) is 23.9 Å². The molecule has 4 fully saturated rings. The molecule has 1 spiro atoms. The highest BCUT2D eigenvalue weighted by atomic mass is 19.2. The molecule has 0 bridgehead atoms. The van der Waals surface area contributed by atoms with E-state index in [2.05, 4.69) is 22.2 Å². The predicted octanol–water partition coefficient (Wildman–Crippen LogP) is 2.27. The molecule has 6 nitrogen and oxygen atoms in total. The summed E-state index contributed by atoms with van der Waals surface area (Å²) in [6, 6.07) is 4.48. The van der Waals surface area contributed by atoms with Crippen molar-refractivity contribution in [2.45, 2.75) is 75.2 Å². The zero-order valence-corrected chi connectivity index (χ0v) is 18.7. The molecule has 1 saturated carbocycles. The molecule has 2 atom stereocenters. The summed E-state index contributed by atoms with van der Waals surface area (Å²) in [6.07, 6.45) is 6.10. The smallest absolute Gasteiger partial charge is 0.243 e. The third-order valence-corrected chi connectivity index (χ3v) is 8.21. The van der Waals surface area contributed by atoms with Crippen LogP contribution < -0.4 is 5.32 Å². The number of likely N-dealkylation sites (N-methyl/N-ethyl adjacent to an activating group) is 1. The Morgan fingerprint density at radius 1 is 1.12 bits per heavy atom. The Balaban J connectivity index is 1.21. The second kappa shape index (κ2) is 8.37. The summed E-state index contributed by atoms with van der Waals surface area (Å²) in [6.45, 7) is 2.57. The fraction of sp³-hybridized carbons (Fsp3) is 0.667. The summed E-state index contributed by atoms with van der Waals surface area (Å²) >= 11 is 0. The molecule has 174 valence electrons. The van der Waals surface area contributed by atoms with Gasteiger partial charge in [-0.15, -0.1) is 0 Å². The zero-order valence-electron chi connectivity index (χ0n) is 18.7. The third kappa shape index (κ3) is 4.03. The summed E-state index contributed by atoms with van der Waals surface area (Å²) < 4.78 is 26.7. The van der Waals surface area contributed by atoms with Crippen molar-refractivity contribution in [3.8, 4) is 0 Å². The van der Waals surface area contributed by atoms with Gasteiger partial charge in [0.15, 0.2) is 11.6 Å². The molecular formula is C24H32F2N4O2. The van der Waals surface area contributed by atoms with Gasteiger partial charge in [-0.25, -0.2) is 8.78 Å². The van der Waals surface area contributed by atoms with Crippen molar-refractivity contribution >= 4 is 11.8 Å². The Morgan fingerprint density at radius 2 is 1.88 bits per heavy atom. The van der Waals surface area contributed by atoms with Crippen LogP contribution in [0, 0.1) is 11.6 Å². The largest absolute Gasteiger partial charge is 0.348 e. The van der Waals surface area contributed by atoms with Crippen molar-refractivity contribution in [1.29, 1.82) is 0 Å². The van der Waals surface area contributed by atoms with Crippen LogP contribution in [0.25, 0.3) is 0 Å². The van der Waals surface area contributed by atoms with Crippen LogP contribution in [-0.2, 0) is 16.1 Å². The molecule has 0 unspecified atom stereocenters. The van der Waals surface area contributed by atoms with E-state index in [9.17, 15) is 18.4 Å². The van der Waals surface area contributed by atoms with Crippen LogP contribution >= 0.6 is 0 Å². The fourth-order valence-electron chi connectivity index (χ4n) is 5.84. The lowest BCUT2D eigenvalue weighted by atomic mass is 9.83. The van der Waals surface area contributed by atoms with Crippen molar-refractivity contribution < 1.29 is 18.4 Å². The molecular weight excluding hydrogens is 414 g/mol. The van der Waals surface area contributed by atoms with Crippen molar-refractivity contribution in [3.63, 3.8) is 0 Å². The lowest BCUT2D eigenvalue weighted by molar-refractivity contribution is -0.135. The molecule has 1 N–H and O–H groups in total.